The molecule has 2 aliphatic heterocycles. The molecule has 3 amide bonds. The molecule has 150 valence electrons. The number of likely N-dealkylation sites (tertiary alicyclic amines) is 1. The van der Waals surface area contributed by atoms with Crippen molar-refractivity contribution in [3.8, 4) is 11.5 Å². The van der Waals surface area contributed by atoms with E-state index < -0.39 is 11.1 Å². The topological polar surface area (TPSA) is 76.2 Å². The Labute approximate surface area is 176 Å². The number of rotatable bonds is 6. The lowest BCUT2D eigenvalue weighted by Gasteiger charge is -2.18. The molecule has 3 rings (SSSR count). The second-order valence-electron chi connectivity index (χ2n) is 6.32. The molecule has 2 fully saturated rings. The first-order valence-electron chi connectivity index (χ1n) is 8.98. The summed E-state index contributed by atoms with van der Waals surface area (Å²) in [5.41, 5.74) is 0.687. The summed E-state index contributed by atoms with van der Waals surface area (Å²) in [7, 11) is 1.55. The highest BCUT2D eigenvalue weighted by atomic mass is 79.9. The molecule has 0 unspecified atom stereocenters. The average molecular weight is 469 g/mol. The molecule has 28 heavy (non-hydrogen) atoms. The maximum absolute atomic E-state index is 12.7. The highest BCUT2D eigenvalue weighted by Crippen LogP contribution is 2.39. The van der Waals surface area contributed by atoms with Crippen LogP contribution in [0.1, 0.15) is 25.3 Å². The van der Waals surface area contributed by atoms with Gasteiger partial charge in [0, 0.05) is 13.1 Å². The van der Waals surface area contributed by atoms with Gasteiger partial charge in [-0.15, -0.1) is 0 Å². The number of ether oxygens (including phenoxy) is 2. The number of methoxy groups -OCH3 is 1. The van der Waals surface area contributed by atoms with Gasteiger partial charge in [0.15, 0.2) is 11.5 Å². The molecule has 2 heterocycles. The zero-order chi connectivity index (χ0) is 20.3. The lowest BCUT2D eigenvalue weighted by molar-refractivity contribution is -0.135. The molecule has 0 spiro atoms. The minimum absolute atomic E-state index is 0.188. The average Bonchev–Trinajstić information content (AvgIpc) is 3.27. The first kappa shape index (κ1) is 20.7. The second kappa shape index (κ2) is 9.00. The van der Waals surface area contributed by atoms with E-state index in [0.717, 1.165) is 29.5 Å². The van der Waals surface area contributed by atoms with Gasteiger partial charge in [-0.2, -0.15) is 0 Å². The monoisotopic (exact) mass is 468 g/mol. The number of amides is 3. The number of carbonyl (C=O) groups is 3. The predicted molar refractivity (Wildman–Crippen MR) is 110 cm³/mol. The third-order valence-corrected chi connectivity index (χ3v) is 5.96. The number of imide groups is 1. The van der Waals surface area contributed by atoms with Crippen LogP contribution in [0.4, 0.5) is 4.79 Å². The van der Waals surface area contributed by atoms with E-state index in [1.165, 1.54) is 0 Å². The molecular weight excluding hydrogens is 448 g/mol. The Morgan fingerprint density at radius 1 is 1.29 bits per heavy atom. The Balaban J connectivity index is 1.80. The molecule has 0 atom stereocenters. The molecule has 0 bridgehead atoms. The van der Waals surface area contributed by atoms with E-state index in [1.54, 1.807) is 30.2 Å². The number of halogens is 1. The van der Waals surface area contributed by atoms with Gasteiger partial charge in [-0.25, -0.2) is 0 Å². The number of benzene rings is 1. The molecule has 0 N–H and O–H groups in total. The van der Waals surface area contributed by atoms with E-state index in [0.29, 0.717) is 41.2 Å². The summed E-state index contributed by atoms with van der Waals surface area (Å²) in [5, 5.41) is -0.429. The zero-order valence-corrected chi connectivity index (χ0v) is 18.1. The van der Waals surface area contributed by atoms with Gasteiger partial charge in [0.25, 0.3) is 11.1 Å². The molecule has 0 aromatic heterocycles. The van der Waals surface area contributed by atoms with E-state index in [2.05, 4.69) is 15.9 Å². The normalized spacial score (nSPS) is 18.3. The van der Waals surface area contributed by atoms with Crippen molar-refractivity contribution < 1.29 is 23.9 Å². The molecule has 9 heteroatoms. The van der Waals surface area contributed by atoms with Gasteiger partial charge in [0.1, 0.15) is 6.54 Å². The summed E-state index contributed by atoms with van der Waals surface area (Å²) in [6.45, 7) is 3.48. The van der Waals surface area contributed by atoms with Crippen molar-refractivity contribution in [3.05, 3.63) is 27.1 Å². The minimum atomic E-state index is -0.451. The molecule has 0 aliphatic carbocycles. The Kier molecular flexibility index (Phi) is 6.66. The smallest absolute Gasteiger partial charge is 0.294 e. The van der Waals surface area contributed by atoms with Crippen LogP contribution in [-0.2, 0) is 9.59 Å². The largest absolute Gasteiger partial charge is 0.492 e. The van der Waals surface area contributed by atoms with Crippen molar-refractivity contribution in [2.45, 2.75) is 19.8 Å². The van der Waals surface area contributed by atoms with Crippen LogP contribution in [0.5, 0.6) is 11.5 Å². The van der Waals surface area contributed by atoms with E-state index in [9.17, 15) is 14.4 Å². The summed E-state index contributed by atoms with van der Waals surface area (Å²) < 4.78 is 11.6. The number of hydrogen-bond donors (Lipinski definition) is 0. The highest BCUT2D eigenvalue weighted by molar-refractivity contribution is 9.10. The Morgan fingerprint density at radius 3 is 2.64 bits per heavy atom. The fourth-order valence-electron chi connectivity index (χ4n) is 3.12. The molecule has 2 saturated heterocycles. The number of thioether (sulfide) groups is 1. The van der Waals surface area contributed by atoms with Crippen molar-refractivity contribution in [2.75, 3.05) is 33.4 Å². The van der Waals surface area contributed by atoms with Crippen LogP contribution in [0.25, 0.3) is 6.08 Å². The Hall–Kier alpha value is -2.00. The SMILES string of the molecule is CCOc1cc(/C=C2/SC(=O)N(CC(=O)N3CCCC3)C2=O)cc(Br)c1OC. The van der Waals surface area contributed by atoms with Gasteiger partial charge in [-0.3, -0.25) is 19.3 Å². The van der Waals surface area contributed by atoms with Gasteiger partial charge >= 0.3 is 0 Å². The maximum atomic E-state index is 12.7. The first-order valence-corrected chi connectivity index (χ1v) is 10.6. The summed E-state index contributed by atoms with van der Waals surface area (Å²) in [6.07, 6.45) is 3.54. The predicted octanol–water partition coefficient (Wildman–Crippen LogP) is 3.52. The summed E-state index contributed by atoms with van der Waals surface area (Å²) in [4.78, 5) is 40.2. The highest BCUT2D eigenvalue weighted by Gasteiger charge is 2.37. The first-order chi connectivity index (χ1) is 13.4. The molecule has 0 saturated carbocycles. The van der Waals surface area contributed by atoms with Crippen molar-refractivity contribution >= 4 is 50.8 Å². The van der Waals surface area contributed by atoms with Crippen molar-refractivity contribution in [1.29, 1.82) is 0 Å². The molecule has 1 aromatic rings. The van der Waals surface area contributed by atoms with Crippen molar-refractivity contribution in [3.63, 3.8) is 0 Å². The van der Waals surface area contributed by atoms with Crippen molar-refractivity contribution in [1.82, 2.24) is 9.80 Å². The molecule has 7 nitrogen and oxygen atoms in total. The fraction of sp³-hybridized carbons (Fsp3) is 0.421. The van der Waals surface area contributed by atoms with E-state index >= 15 is 0 Å². The summed E-state index contributed by atoms with van der Waals surface area (Å²) in [6, 6.07) is 3.53. The standard InChI is InChI=1S/C19H21BrN2O5S/c1-3-27-14-9-12(8-13(20)17(14)26-2)10-15-18(24)22(19(25)28-15)11-16(23)21-6-4-5-7-21/h8-10H,3-7,11H2,1-2H3/b15-10+. The third-order valence-electron chi connectivity index (χ3n) is 4.46. The molecule has 1 aromatic carbocycles. The Bertz CT molecular complexity index is 836. The number of hydrogen-bond acceptors (Lipinski definition) is 6. The lowest BCUT2D eigenvalue weighted by Crippen LogP contribution is -2.40. The maximum Gasteiger partial charge on any atom is 0.294 e. The van der Waals surface area contributed by atoms with Crippen LogP contribution < -0.4 is 9.47 Å². The van der Waals surface area contributed by atoms with Crippen molar-refractivity contribution in [2.24, 2.45) is 0 Å². The van der Waals surface area contributed by atoms with E-state index in [4.69, 9.17) is 9.47 Å². The van der Waals surface area contributed by atoms with Crippen LogP contribution in [0.3, 0.4) is 0 Å². The van der Waals surface area contributed by atoms with Crippen LogP contribution in [0.2, 0.25) is 0 Å². The second-order valence-corrected chi connectivity index (χ2v) is 8.17. The van der Waals surface area contributed by atoms with Gasteiger partial charge in [0.05, 0.1) is 23.1 Å². The van der Waals surface area contributed by atoms with Crippen LogP contribution in [-0.4, -0.2) is 60.2 Å². The van der Waals surface area contributed by atoms with Gasteiger partial charge in [0.2, 0.25) is 5.91 Å². The number of carbonyl (C=O) groups excluding carboxylic acids is 3. The Morgan fingerprint density at radius 2 is 2.00 bits per heavy atom. The molecule has 2 aliphatic rings. The zero-order valence-electron chi connectivity index (χ0n) is 15.7. The summed E-state index contributed by atoms with van der Waals surface area (Å²) >= 11 is 4.27. The molecular formula is C19H21BrN2O5S. The van der Waals surface area contributed by atoms with Crippen LogP contribution >= 0.6 is 27.7 Å². The van der Waals surface area contributed by atoms with Crippen LogP contribution in [0, 0.1) is 0 Å². The van der Waals surface area contributed by atoms with Gasteiger partial charge < -0.3 is 14.4 Å². The van der Waals surface area contributed by atoms with E-state index in [1.807, 2.05) is 6.92 Å². The van der Waals surface area contributed by atoms with E-state index in [-0.39, 0.29) is 17.4 Å². The summed E-state index contributed by atoms with van der Waals surface area (Å²) in [5.74, 6) is 0.455. The lowest BCUT2D eigenvalue weighted by atomic mass is 10.2. The molecule has 0 radical (unpaired) electrons. The fourth-order valence-corrected chi connectivity index (χ4v) is 4.58. The third kappa shape index (κ3) is 4.35. The van der Waals surface area contributed by atoms with Crippen LogP contribution in [0.15, 0.2) is 21.5 Å². The van der Waals surface area contributed by atoms with Gasteiger partial charge in [-0.1, -0.05) is 0 Å². The van der Waals surface area contributed by atoms with Gasteiger partial charge in [-0.05, 0) is 71.2 Å². The minimum Gasteiger partial charge on any atom is -0.492 e. The number of nitrogens with zero attached hydrogens (tertiary/aromatic N) is 2. The quantitative estimate of drug-likeness (QED) is 0.594.